The molecule has 0 aromatic heterocycles. The fraction of sp³-hybridized carbons (Fsp3) is 0.375. The molecule has 20 heavy (non-hydrogen) atoms. The maximum absolute atomic E-state index is 11.9. The molecule has 1 unspecified atom stereocenters. The van der Waals surface area contributed by atoms with Crippen molar-refractivity contribution in [3.63, 3.8) is 0 Å². The second kappa shape index (κ2) is 8.15. The first kappa shape index (κ1) is 16.0. The normalized spacial score (nSPS) is 11.7. The molecule has 0 radical (unpaired) electrons. The van der Waals surface area contributed by atoms with Crippen molar-refractivity contribution >= 4 is 11.9 Å². The van der Waals surface area contributed by atoms with Crippen LogP contribution in [-0.2, 0) is 22.4 Å². The van der Waals surface area contributed by atoms with Crippen molar-refractivity contribution in [2.24, 2.45) is 0 Å². The summed E-state index contributed by atoms with van der Waals surface area (Å²) in [4.78, 5) is 22.9. The van der Waals surface area contributed by atoms with Crippen molar-refractivity contribution in [2.75, 3.05) is 0 Å². The van der Waals surface area contributed by atoms with E-state index in [0.29, 0.717) is 12.8 Å². The van der Waals surface area contributed by atoms with Crippen LogP contribution in [0, 0.1) is 0 Å². The van der Waals surface area contributed by atoms with Crippen LogP contribution in [0.4, 0.5) is 0 Å². The number of hydrogen-bond acceptors (Lipinski definition) is 2. The number of aryl methyl sites for hydroxylation is 1. The molecule has 0 saturated heterocycles. The topological polar surface area (TPSA) is 66.4 Å². The number of carboxylic acids is 1. The lowest BCUT2D eigenvalue weighted by Crippen LogP contribution is -2.41. The Morgan fingerprint density at radius 2 is 2.10 bits per heavy atom. The summed E-state index contributed by atoms with van der Waals surface area (Å²) in [5, 5.41) is 11.6. The van der Waals surface area contributed by atoms with Crippen LogP contribution in [0.15, 0.2) is 36.9 Å². The van der Waals surface area contributed by atoms with Crippen molar-refractivity contribution in [3.8, 4) is 0 Å². The zero-order valence-electron chi connectivity index (χ0n) is 11.8. The molecular weight excluding hydrogens is 254 g/mol. The van der Waals surface area contributed by atoms with Crippen molar-refractivity contribution in [3.05, 3.63) is 48.0 Å². The van der Waals surface area contributed by atoms with Crippen LogP contribution >= 0.6 is 0 Å². The molecule has 0 saturated carbocycles. The highest BCUT2D eigenvalue weighted by atomic mass is 16.4. The average Bonchev–Trinajstić information content (AvgIpc) is 2.43. The van der Waals surface area contributed by atoms with Gasteiger partial charge in [0.15, 0.2) is 0 Å². The Morgan fingerprint density at radius 3 is 2.70 bits per heavy atom. The van der Waals surface area contributed by atoms with E-state index in [1.807, 2.05) is 24.3 Å². The van der Waals surface area contributed by atoms with Gasteiger partial charge in [-0.05, 0) is 30.4 Å². The van der Waals surface area contributed by atoms with E-state index in [2.05, 4.69) is 18.8 Å². The van der Waals surface area contributed by atoms with Crippen LogP contribution in [-0.4, -0.2) is 23.0 Å². The van der Waals surface area contributed by atoms with E-state index < -0.39 is 12.0 Å². The summed E-state index contributed by atoms with van der Waals surface area (Å²) >= 11 is 0. The predicted molar refractivity (Wildman–Crippen MR) is 78.5 cm³/mol. The number of benzene rings is 1. The molecule has 2 N–H and O–H groups in total. The standard InChI is InChI=1S/C16H21NO3/c1-3-5-9-14(16(19)20)17-15(18)11-13-8-6-7-12(4-2)10-13/h3,6-8,10,14H,1,4-5,9,11H2,2H3,(H,17,18)(H,19,20). The zero-order chi connectivity index (χ0) is 15.0. The van der Waals surface area contributed by atoms with Crippen LogP contribution in [0.3, 0.4) is 0 Å². The Kier molecular flexibility index (Phi) is 6.50. The number of carbonyl (C=O) groups is 2. The van der Waals surface area contributed by atoms with Gasteiger partial charge in [0, 0.05) is 0 Å². The Balaban J connectivity index is 2.60. The number of amides is 1. The Hall–Kier alpha value is -2.10. The summed E-state index contributed by atoms with van der Waals surface area (Å²) in [5.41, 5.74) is 2.06. The second-order valence-electron chi connectivity index (χ2n) is 4.67. The summed E-state index contributed by atoms with van der Waals surface area (Å²) in [6, 6.07) is 6.91. The molecule has 4 heteroatoms. The minimum absolute atomic E-state index is 0.200. The van der Waals surface area contributed by atoms with Gasteiger partial charge in [0.2, 0.25) is 5.91 Å². The molecule has 0 aliphatic rings. The lowest BCUT2D eigenvalue weighted by molar-refractivity contribution is -0.141. The number of nitrogens with one attached hydrogen (secondary N) is 1. The van der Waals surface area contributed by atoms with E-state index in [4.69, 9.17) is 5.11 Å². The van der Waals surface area contributed by atoms with Crippen LogP contribution in [0.5, 0.6) is 0 Å². The quantitative estimate of drug-likeness (QED) is 0.716. The maximum Gasteiger partial charge on any atom is 0.326 e. The van der Waals surface area contributed by atoms with Gasteiger partial charge < -0.3 is 10.4 Å². The van der Waals surface area contributed by atoms with E-state index in [-0.39, 0.29) is 12.3 Å². The summed E-state index contributed by atoms with van der Waals surface area (Å²) < 4.78 is 0. The molecule has 0 fully saturated rings. The van der Waals surface area contributed by atoms with Gasteiger partial charge in [-0.1, -0.05) is 37.3 Å². The Labute approximate surface area is 119 Å². The Bertz CT molecular complexity index is 482. The smallest absolute Gasteiger partial charge is 0.326 e. The summed E-state index contributed by atoms with van der Waals surface area (Å²) in [7, 11) is 0. The first-order chi connectivity index (χ1) is 9.56. The largest absolute Gasteiger partial charge is 0.480 e. The third-order valence-corrected chi connectivity index (χ3v) is 3.06. The molecule has 0 heterocycles. The van der Waals surface area contributed by atoms with E-state index in [1.54, 1.807) is 6.08 Å². The molecule has 0 aliphatic heterocycles. The van der Waals surface area contributed by atoms with Gasteiger partial charge in [-0.3, -0.25) is 4.79 Å². The van der Waals surface area contributed by atoms with E-state index >= 15 is 0 Å². The van der Waals surface area contributed by atoms with Crippen molar-refractivity contribution in [1.82, 2.24) is 5.32 Å². The zero-order valence-corrected chi connectivity index (χ0v) is 11.8. The molecular formula is C16H21NO3. The van der Waals surface area contributed by atoms with Crippen LogP contribution in [0.25, 0.3) is 0 Å². The first-order valence-electron chi connectivity index (χ1n) is 6.77. The van der Waals surface area contributed by atoms with Gasteiger partial charge in [-0.2, -0.15) is 0 Å². The third kappa shape index (κ3) is 5.26. The van der Waals surface area contributed by atoms with E-state index in [9.17, 15) is 9.59 Å². The van der Waals surface area contributed by atoms with Crippen LogP contribution in [0.2, 0.25) is 0 Å². The molecule has 4 nitrogen and oxygen atoms in total. The number of allylic oxidation sites excluding steroid dienone is 1. The molecule has 1 atom stereocenters. The van der Waals surface area contributed by atoms with Gasteiger partial charge in [0.25, 0.3) is 0 Å². The fourth-order valence-corrected chi connectivity index (χ4v) is 1.93. The predicted octanol–water partition coefficient (Wildman–Crippen LogP) is 2.33. The van der Waals surface area contributed by atoms with Gasteiger partial charge in [0.05, 0.1) is 6.42 Å². The molecule has 1 amide bonds. The number of hydrogen-bond donors (Lipinski definition) is 2. The lowest BCUT2D eigenvalue weighted by Gasteiger charge is -2.13. The highest BCUT2D eigenvalue weighted by Gasteiger charge is 2.18. The molecule has 1 aromatic carbocycles. The number of carboxylic acid groups (broad SMARTS) is 1. The number of carbonyl (C=O) groups excluding carboxylic acids is 1. The highest BCUT2D eigenvalue weighted by molar-refractivity contribution is 5.84. The SMILES string of the molecule is C=CCCC(NC(=O)Cc1cccc(CC)c1)C(=O)O. The molecule has 108 valence electrons. The third-order valence-electron chi connectivity index (χ3n) is 3.06. The molecule has 0 aliphatic carbocycles. The number of aliphatic carboxylic acids is 1. The minimum Gasteiger partial charge on any atom is -0.480 e. The van der Waals surface area contributed by atoms with Gasteiger partial charge >= 0.3 is 5.97 Å². The number of rotatable bonds is 8. The monoisotopic (exact) mass is 275 g/mol. The fourth-order valence-electron chi connectivity index (χ4n) is 1.93. The summed E-state index contributed by atoms with van der Waals surface area (Å²) in [6.07, 6.45) is 3.67. The summed E-state index contributed by atoms with van der Waals surface area (Å²) in [6.45, 7) is 5.60. The van der Waals surface area contributed by atoms with Gasteiger partial charge in [-0.15, -0.1) is 6.58 Å². The molecule has 1 rings (SSSR count). The van der Waals surface area contributed by atoms with Crippen LogP contribution in [0.1, 0.15) is 30.9 Å². The van der Waals surface area contributed by atoms with Gasteiger partial charge in [0.1, 0.15) is 6.04 Å². The van der Waals surface area contributed by atoms with Gasteiger partial charge in [-0.25, -0.2) is 4.79 Å². The van der Waals surface area contributed by atoms with E-state index in [0.717, 1.165) is 17.5 Å². The first-order valence-corrected chi connectivity index (χ1v) is 6.77. The van der Waals surface area contributed by atoms with E-state index in [1.165, 1.54) is 0 Å². The Morgan fingerprint density at radius 1 is 1.40 bits per heavy atom. The van der Waals surface area contributed by atoms with Crippen molar-refractivity contribution in [1.29, 1.82) is 0 Å². The highest BCUT2D eigenvalue weighted by Crippen LogP contribution is 2.07. The summed E-state index contributed by atoms with van der Waals surface area (Å²) in [5.74, 6) is -1.28. The van der Waals surface area contributed by atoms with Crippen molar-refractivity contribution < 1.29 is 14.7 Å². The lowest BCUT2D eigenvalue weighted by atomic mass is 10.1. The molecule has 1 aromatic rings. The molecule has 0 spiro atoms. The average molecular weight is 275 g/mol. The van der Waals surface area contributed by atoms with Crippen LogP contribution < -0.4 is 5.32 Å². The second-order valence-corrected chi connectivity index (χ2v) is 4.67. The molecule has 0 bridgehead atoms. The van der Waals surface area contributed by atoms with Crippen molar-refractivity contribution in [2.45, 2.75) is 38.6 Å². The minimum atomic E-state index is -1.01. The maximum atomic E-state index is 11.9.